The van der Waals surface area contributed by atoms with Crippen molar-refractivity contribution in [2.75, 3.05) is 13.2 Å². The summed E-state index contributed by atoms with van der Waals surface area (Å²) in [5.41, 5.74) is 8.22. The van der Waals surface area contributed by atoms with Crippen molar-refractivity contribution in [3.8, 4) is 0 Å². The lowest BCUT2D eigenvalue weighted by molar-refractivity contribution is -0.109. The quantitative estimate of drug-likeness (QED) is 0.418. The van der Waals surface area contributed by atoms with E-state index in [9.17, 15) is 9.90 Å². The molecule has 0 aromatic heterocycles. The highest BCUT2D eigenvalue weighted by Gasteiger charge is 2.33. The van der Waals surface area contributed by atoms with Crippen molar-refractivity contribution in [1.82, 2.24) is 0 Å². The van der Waals surface area contributed by atoms with Gasteiger partial charge in [-0.1, -0.05) is 16.9 Å². The van der Waals surface area contributed by atoms with Gasteiger partial charge in [-0.3, -0.25) is 4.79 Å². The summed E-state index contributed by atoms with van der Waals surface area (Å²) < 4.78 is 5.12. The maximum absolute atomic E-state index is 10.8. The van der Waals surface area contributed by atoms with Crippen LogP contribution in [0.25, 0.3) is 10.4 Å². The minimum Gasteiger partial charge on any atom is -0.391 e. The van der Waals surface area contributed by atoms with Crippen molar-refractivity contribution >= 4 is 16.9 Å². The molecule has 0 saturated carbocycles. The number of carbonyl (C=O) groups excluding carboxylic acids is 1. The van der Waals surface area contributed by atoms with Gasteiger partial charge >= 0.3 is 0 Å². The van der Waals surface area contributed by atoms with Gasteiger partial charge in [-0.25, -0.2) is 0 Å². The molecule has 1 rings (SSSR count). The first-order valence-electron chi connectivity index (χ1n) is 4.12. The van der Waals surface area contributed by atoms with E-state index in [-0.39, 0.29) is 17.0 Å². The maximum atomic E-state index is 10.8. The maximum Gasteiger partial charge on any atom is 0.186 e. The summed E-state index contributed by atoms with van der Waals surface area (Å²) in [7, 11) is 0. The molecule has 1 unspecified atom stereocenters. The molecular formula is C7H11N3O3S. The molecule has 0 radical (unpaired) electrons. The van der Waals surface area contributed by atoms with Crippen LogP contribution in [0.3, 0.4) is 0 Å². The van der Waals surface area contributed by atoms with E-state index < -0.39 is 12.1 Å². The van der Waals surface area contributed by atoms with Crippen molar-refractivity contribution in [2.24, 2.45) is 5.11 Å². The molecule has 1 heterocycles. The number of azide groups is 1. The Morgan fingerprint density at radius 3 is 3.00 bits per heavy atom. The van der Waals surface area contributed by atoms with Gasteiger partial charge in [0.1, 0.15) is 0 Å². The van der Waals surface area contributed by atoms with Crippen LogP contribution in [0.5, 0.6) is 0 Å². The Morgan fingerprint density at radius 1 is 1.71 bits per heavy atom. The zero-order valence-corrected chi connectivity index (χ0v) is 8.48. The van der Waals surface area contributed by atoms with Gasteiger partial charge in [-0.05, 0) is 5.53 Å². The number of thioether (sulfide) groups is 1. The third kappa shape index (κ3) is 2.88. The van der Waals surface area contributed by atoms with Gasteiger partial charge in [0.2, 0.25) is 0 Å². The normalized spacial score (nSPS) is 32.0. The third-order valence-electron chi connectivity index (χ3n) is 1.86. The van der Waals surface area contributed by atoms with Crippen LogP contribution in [0, 0.1) is 0 Å². The standard InChI is InChI=1S/C7H11N3O3S/c1-4(11)14-6-3-13-2-5(7(6)12)9-10-8/h5-7,12H,2-3H2,1H3/t5?,6-,7-/m1/s1. The Labute approximate surface area is 85.2 Å². The highest BCUT2D eigenvalue weighted by atomic mass is 32.2. The van der Waals surface area contributed by atoms with Gasteiger partial charge in [0, 0.05) is 11.8 Å². The molecule has 1 N–H and O–H groups in total. The number of carbonyl (C=O) groups is 1. The smallest absolute Gasteiger partial charge is 0.186 e. The highest BCUT2D eigenvalue weighted by molar-refractivity contribution is 8.14. The predicted octanol–water partition coefficient (Wildman–Crippen LogP) is 0.705. The Balaban J connectivity index is 2.60. The highest BCUT2D eigenvalue weighted by Crippen LogP contribution is 2.23. The van der Waals surface area contributed by atoms with E-state index in [1.807, 2.05) is 0 Å². The summed E-state index contributed by atoms with van der Waals surface area (Å²) >= 11 is 1.02. The summed E-state index contributed by atoms with van der Waals surface area (Å²) in [5, 5.41) is 12.7. The number of hydrogen-bond acceptors (Lipinski definition) is 5. The van der Waals surface area contributed by atoms with Crippen LogP contribution >= 0.6 is 11.8 Å². The predicted molar refractivity (Wildman–Crippen MR) is 51.8 cm³/mol. The molecule has 1 aliphatic heterocycles. The lowest BCUT2D eigenvalue weighted by Gasteiger charge is -2.30. The molecule has 0 bridgehead atoms. The molecule has 6 nitrogen and oxygen atoms in total. The first-order chi connectivity index (χ1) is 6.65. The van der Waals surface area contributed by atoms with Crippen LogP contribution < -0.4 is 0 Å². The fourth-order valence-electron chi connectivity index (χ4n) is 1.23. The van der Waals surface area contributed by atoms with E-state index in [0.717, 1.165) is 11.8 Å². The molecule has 1 saturated heterocycles. The third-order valence-corrected chi connectivity index (χ3v) is 2.91. The van der Waals surface area contributed by atoms with Gasteiger partial charge in [0.05, 0.1) is 30.6 Å². The van der Waals surface area contributed by atoms with E-state index in [0.29, 0.717) is 6.61 Å². The van der Waals surface area contributed by atoms with Gasteiger partial charge in [0.15, 0.2) is 5.12 Å². The minimum absolute atomic E-state index is 0.0840. The minimum atomic E-state index is -0.812. The van der Waals surface area contributed by atoms with Crippen LogP contribution in [0.1, 0.15) is 6.92 Å². The molecule has 0 aromatic rings. The molecule has 7 heteroatoms. The van der Waals surface area contributed by atoms with Crippen LogP contribution in [0.15, 0.2) is 5.11 Å². The van der Waals surface area contributed by atoms with Crippen molar-refractivity contribution in [2.45, 2.75) is 24.3 Å². The van der Waals surface area contributed by atoms with E-state index in [1.54, 1.807) is 0 Å². The lowest BCUT2D eigenvalue weighted by Crippen LogP contribution is -2.45. The van der Waals surface area contributed by atoms with Crippen molar-refractivity contribution in [3.63, 3.8) is 0 Å². The molecule has 3 atom stereocenters. The largest absolute Gasteiger partial charge is 0.391 e. The monoisotopic (exact) mass is 217 g/mol. The van der Waals surface area contributed by atoms with E-state index in [1.165, 1.54) is 6.92 Å². The van der Waals surface area contributed by atoms with Gasteiger partial charge in [-0.15, -0.1) is 0 Å². The van der Waals surface area contributed by atoms with E-state index >= 15 is 0 Å². The lowest BCUT2D eigenvalue weighted by atomic mass is 10.1. The van der Waals surface area contributed by atoms with Crippen LogP contribution in [0.2, 0.25) is 0 Å². The van der Waals surface area contributed by atoms with Gasteiger partial charge < -0.3 is 9.84 Å². The van der Waals surface area contributed by atoms with Gasteiger partial charge in [-0.2, -0.15) is 0 Å². The fraction of sp³-hybridized carbons (Fsp3) is 0.857. The van der Waals surface area contributed by atoms with Crippen molar-refractivity contribution in [3.05, 3.63) is 10.4 Å². The summed E-state index contributed by atoms with van der Waals surface area (Å²) in [6.45, 7) is 1.94. The first kappa shape index (κ1) is 11.3. The second-order valence-electron chi connectivity index (χ2n) is 2.95. The number of aliphatic hydroxyl groups excluding tert-OH is 1. The summed E-state index contributed by atoms with van der Waals surface area (Å²) in [4.78, 5) is 13.4. The molecule has 14 heavy (non-hydrogen) atoms. The summed E-state index contributed by atoms with van der Waals surface area (Å²) in [6, 6.07) is -0.592. The number of nitrogens with zero attached hydrogens (tertiary/aromatic N) is 3. The summed E-state index contributed by atoms with van der Waals surface area (Å²) in [5.74, 6) is 0. The van der Waals surface area contributed by atoms with Crippen molar-refractivity contribution in [1.29, 1.82) is 0 Å². The van der Waals surface area contributed by atoms with Crippen molar-refractivity contribution < 1.29 is 14.6 Å². The van der Waals surface area contributed by atoms with E-state index in [2.05, 4.69) is 10.0 Å². The molecule has 0 aliphatic carbocycles. The van der Waals surface area contributed by atoms with Crippen LogP contribution in [-0.2, 0) is 9.53 Å². The molecule has 1 aliphatic rings. The first-order valence-corrected chi connectivity index (χ1v) is 5.00. The Morgan fingerprint density at radius 2 is 2.43 bits per heavy atom. The number of rotatable bonds is 2. The number of ether oxygens (including phenoxy) is 1. The molecule has 0 amide bonds. The number of aliphatic hydroxyl groups is 1. The summed E-state index contributed by atoms with van der Waals surface area (Å²) in [6.07, 6.45) is -0.812. The molecule has 1 fully saturated rings. The second kappa shape index (κ2) is 5.21. The Hall–Kier alpha value is -0.750. The fourth-order valence-corrected chi connectivity index (χ4v) is 2.15. The average molecular weight is 217 g/mol. The van der Waals surface area contributed by atoms with Crippen LogP contribution in [-0.4, -0.2) is 40.8 Å². The Bertz CT molecular complexity index is 267. The zero-order chi connectivity index (χ0) is 10.6. The average Bonchev–Trinajstić information content (AvgIpc) is 2.11. The molecule has 0 spiro atoms. The molecule has 78 valence electrons. The molecular weight excluding hydrogens is 206 g/mol. The Kier molecular flexibility index (Phi) is 4.21. The topological polar surface area (TPSA) is 95.3 Å². The number of hydrogen-bond donors (Lipinski definition) is 1. The second-order valence-corrected chi connectivity index (χ2v) is 4.36. The van der Waals surface area contributed by atoms with Gasteiger partial charge in [0.25, 0.3) is 0 Å². The van der Waals surface area contributed by atoms with E-state index in [4.69, 9.17) is 10.3 Å². The van der Waals surface area contributed by atoms with Crippen LogP contribution in [0.4, 0.5) is 0 Å². The zero-order valence-electron chi connectivity index (χ0n) is 7.66. The molecule has 0 aromatic carbocycles. The SMILES string of the molecule is CC(=O)S[C@@H]1COCC(N=[N+]=[N-])[C@H]1O.